The van der Waals surface area contributed by atoms with E-state index in [0.29, 0.717) is 29.5 Å². The van der Waals surface area contributed by atoms with E-state index < -0.39 is 16.2 Å². The lowest BCUT2D eigenvalue weighted by atomic mass is 9.65. The molecule has 3 nitrogen and oxygen atoms in total. The first-order valence-corrected chi connectivity index (χ1v) is 24.2. The number of fused-ring (bicyclic) bond motifs is 7. The summed E-state index contributed by atoms with van der Waals surface area (Å²) in [5.74, 6) is -0.0165. The summed E-state index contributed by atoms with van der Waals surface area (Å²) in [6.45, 7) is 12.8. The second-order valence-electron chi connectivity index (χ2n) is 19.4. The zero-order chi connectivity index (χ0) is 46.4. The van der Waals surface area contributed by atoms with Gasteiger partial charge in [-0.25, -0.2) is 0 Å². The normalized spacial score (nSPS) is 16.7. The molecule has 324 valence electrons. The number of nitrogens with zero attached hydrogens (tertiary/aromatic N) is 2. The highest BCUT2D eigenvalue weighted by Gasteiger charge is 2.53. The van der Waals surface area contributed by atoms with Crippen molar-refractivity contribution in [2.24, 2.45) is 5.41 Å². The van der Waals surface area contributed by atoms with Gasteiger partial charge in [-0.15, -0.1) is 11.3 Å². The Bertz CT molecular complexity index is 3350. The third-order valence-corrected chi connectivity index (χ3v) is 16.5. The number of aryl methyl sites for hydroxylation is 6. The average Bonchev–Trinajstić information content (AvgIpc) is 4.02. The molecule has 0 spiro atoms. The monoisotopic (exact) mass is 882 g/mol. The molecule has 0 saturated carbocycles. The standard InChI is InChI=1S/C63H50N2OS/c1-38-13-22-44(23-14-38)62(45-24-15-39(2)16-25-45)54-32-42(5)21-30-49(54)52-34-56-53(35-55(52)62)59-57(63(56,46-26-17-40(3)18-27-46)47-28-19-41(4)20-29-47)33-48(67-59)10-9-31-61(6)58(43(36-64)37-65)50-11-7-8-12-51(50)60(61)66/h7-8,11-30,32-35H,9-10,31H2,1-6H3. The van der Waals surface area contributed by atoms with Crippen molar-refractivity contribution in [1.82, 2.24) is 0 Å². The molecule has 0 fully saturated rings. The maximum atomic E-state index is 14.2. The molecule has 3 aliphatic carbocycles. The van der Waals surface area contributed by atoms with Crippen LogP contribution in [0.15, 0.2) is 163 Å². The molecule has 1 heterocycles. The van der Waals surface area contributed by atoms with Crippen LogP contribution in [-0.2, 0) is 17.3 Å². The lowest BCUT2D eigenvalue weighted by molar-refractivity contribution is 0.0880. The molecule has 1 aromatic heterocycles. The highest BCUT2D eigenvalue weighted by atomic mass is 32.1. The van der Waals surface area contributed by atoms with Gasteiger partial charge in [0.1, 0.15) is 17.7 Å². The van der Waals surface area contributed by atoms with Gasteiger partial charge in [-0.1, -0.05) is 167 Å². The van der Waals surface area contributed by atoms with E-state index in [2.05, 4.69) is 180 Å². The zero-order valence-electron chi connectivity index (χ0n) is 38.8. The van der Waals surface area contributed by atoms with Gasteiger partial charge < -0.3 is 0 Å². The Labute approximate surface area is 398 Å². The van der Waals surface area contributed by atoms with Gasteiger partial charge in [0.2, 0.25) is 0 Å². The van der Waals surface area contributed by atoms with Crippen LogP contribution in [0, 0.1) is 62.7 Å². The van der Waals surface area contributed by atoms with E-state index in [0.717, 1.165) is 6.42 Å². The van der Waals surface area contributed by atoms with Crippen LogP contribution in [0.4, 0.5) is 0 Å². The van der Waals surface area contributed by atoms with E-state index in [1.807, 2.05) is 42.5 Å². The summed E-state index contributed by atoms with van der Waals surface area (Å²) < 4.78 is 0. The Morgan fingerprint density at radius 1 is 0.493 bits per heavy atom. The van der Waals surface area contributed by atoms with Crippen LogP contribution in [0.3, 0.4) is 0 Å². The van der Waals surface area contributed by atoms with Crippen LogP contribution >= 0.6 is 11.3 Å². The fraction of sp³-hybridized carbons (Fsp3) is 0.190. The average molecular weight is 883 g/mol. The predicted octanol–water partition coefficient (Wildman–Crippen LogP) is 15.0. The van der Waals surface area contributed by atoms with E-state index in [9.17, 15) is 15.3 Å². The van der Waals surface area contributed by atoms with Gasteiger partial charge in [0.15, 0.2) is 5.78 Å². The summed E-state index contributed by atoms with van der Waals surface area (Å²) in [6, 6.07) is 63.0. The number of rotatable bonds is 8. The summed E-state index contributed by atoms with van der Waals surface area (Å²) in [4.78, 5) is 16.8. The van der Waals surface area contributed by atoms with Crippen molar-refractivity contribution in [2.75, 3.05) is 0 Å². The third kappa shape index (κ3) is 6.10. The van der Waals surface area contributed by atoms with Crippen LogP contribution in [0.1, 0.15) is 113 Å². The zero-order valence-corrected chi connectivity index (χ0v) is 39.7. The van der Waals surface area contributed by atoms with E-state index in [1.54, 1.807) is 0 Å². The number of thiophene rings is 1. The van der Waals surface area contributed by atoms with Crippen molar-refractivity contribution >= 4 is 22.7 Å². The molecule has 0 bridgehead atoms. The molecule has 67 heavy (non-hydrogen) atoms. The number of Topliss-reactive ketones (excluding diaryl/α,β-unsaturated/α-hetero) is 1. The second-order valence-corrected chi connectivity index (χ2v) is 20.6. The van der Waals surface area contributed by atoms with Crippen LogP contribution in [0.2, 0.25) is 0 Å². The summed E-state index contributed by atoms with van der Waals surface area (Å²) >= 11 is 1.87. The van der Waals surface area contributed by atoms with Crippen molar-refractivity contribution in [3.05, 3.63) is 252 Å². The quantitative estimate of drug-likeness (QED) is 0.143. The van der Waals surface area contributed by atoms with Crippen molar-refractivity contribution in [3.63, 3.8) is 0 Å². The predicted molar refractivity (Wildman–Crippen MR) is 273 cm³/mol. The van der Waals surface area contributed by atoms with Crippen LogP contribution in [0.5, 0.6) is 0 Å². The van der Waals surface area contributed by atoms with Crippen LogP contribution in [0.25, 0.3) is 27.1 Å². The maximum absolute atomic E-state index is 14.2. The second kappa shape index (κ2) is 15.6. The molecule has 0 radical (unpaired) electrons. The highest BCUT2D eigenvalue weighted by molar-refractivity contribution is 7.15. The van der Waals surface area contributed by atoms with Crippen molar-refractivity contribution in [1.29, 1.82) is 10.5 Å². The molecule has 0 amide bonds. The lowest BCUT2D eigenvalue weighted by Crippen LogP contribution is -2.30. The number of carbonyl (C=O) groups excluding carboxylic acids is 1. The fourth-order valence-corrected chi connectivity index (χ4v) is 13.3. The Morgan fingerprint density at radius 2 is 0.940 bits per heavy atom. The highest BCUT2D eigenvalue weighted by Crippen LogP contribution is 2.64. The van der Waals surface area contributed by atoms with Gasteiger partial charge in [-0.05, 0) is 146 Å². The third-order valence-electron chi connectivity index (χ3n) is 15.3. The maximum Gasteiger partial charge on any atom is 0.173 e. The number of nitriles is 2. The minimum absolute atomic E-state index is 0.0165. The minimum Gasteiger partial charge on any atom is -0.293 e. The SMILES string of the molecule is Cc1ccc(C2(c3ccc(C)cc3)c3cc(C)ccc3-c3cc4c(cc32)-c2sc(CCCC3(C)C(=O)c5ccccc5C3=C(C#N)C#N)cc2C4(c2ccc(C)cc2)c2ccc(C)cc2)cc1. The number of hydrogen-bond donors (Lipinski definition) is 0. The molecule has 3 aliphatic rings. The van der Waals surface area contributed by atoms with E-state index in [-0.39, 0.29) is 11.4 Å². The van der Waals surface area contributed by atoms with Crippen LogP contribution in [-0.4, -0.2) is 5.78 Å². The van der Waals surface area contributed by atoms with Gasteiger partial charge in [0.05, 0.1) is 16.2 Å². The van der Waals surface area contributed by atoms with Crippen molar-refractivity contribution in [2.45, 2.75) is 71.6 Å². The smallest absolute Gasteiger partial charge is 0.173 e. The number of carbonyl (C=O) groups is 1. The number of allylic oxidation sites excluding steroid dienone is 2. The van der Waals surface area contributed by atoms with E-state index >= 15 is 0 Å². The largest absolute Gasteiger partial charge is 0.293 e. The molecule has 8 aromatic rings. The Balaban J connectivity index is 1.14. The summed E-state index contributed by atoms with van der Waals surface area (Å²) in [5, 5.41) is 20.2. The molecule has 0 N–H and O–H groups in total. The molecule has 0 aliphatic heterocycles. The number of ketones is 1. The van der Waals surface area contributed by atoms with Crippen molar-refractivity contribution in [3.8, 4) is 33.7 Å². The van der Waals surface area contributed by atoms with Crippen LogP contribution < -0.4 is 0 Å². The summed E-state index contributed by atoms with van der Waals surface area (Å²) in [7, 11) is 0. The molecule has 11 rings (SSSR count). The van der Waals surface area contributed by atoms with Gasteiger partial charge in [-0.3, -0.25) is 4.79 Å². The van der Waals surface area contributed by atoms with Gasteiger partial charge in [0, 0.05) is 20.9 Å². The molecule has 1 unspecified atom stereocenters. The summed E-state index contributed by atoms with van der Waals surface area (Å²) in [5.41, 5.74) is 19.8. The first kappa shape index (κ1) is 42.3. The van der Waals surface area contributed by atoms with Gasteiger partial charge in [-0.2, -0.15) is 10.5 Å². The molecular weight excluding hydrogens is 833 g/mol. The molecule has 7 aromatic carbocycles. The van der Waals surface area contributed by atoms with Crippen molar-refractivity contribution < 1.29 is 4.79 Å². The fourth-order valence-electron chi connectivity index (χ4n) is 12.0. The number of benzene rings is 7. The van der Waals surface area contributed by atoms with Gasteiger partial charge >= 0.3 is 0 Å². The Hall–Kier alpha value is -7.37. The summed E-state index contributed by atoms with van der Waals surface area (Å²) in [6.07, 6.45) is 1.98. The van der Waals surface area contributed by atoms with E-state index in [4.69, 9.17) is 0 Å². The lowest BCUT2D eigenvalue weighted by Gasteiger charge is -2.36. The number of hydrogen-bond acceptors (Lipinski definition) is 4. The first-order chi connectivity index (χ1) is 32.4. The molecule has 0 saturated heterocycles. The molecule has 1 atom stereocenters. The molecular formula is C63H50N2OS. The first-order valence-electron chi connectivity index (χ1n) is 23.3. The Kier molecular flexibility index (Phi) is 9.86. The Morgan fingerprint density at radius 3 is 1.46 bits per heavy atom. The minimum atomic E-state index is -0.978. The molecule has 4 heteroatoms. The van der Waals surface area contributed by atoms with Gasteiger partial charge in [0.25, 0.3) is 0 Å². The van der Waals surface area contributed by atoms with E-state index in [1.165, 1.54) is 98.8 Å². The topological polar surface area (TPSA) is 64.7 Å².